The average Bonchev–Trinajstić information content (AvgIpc) is 2.95. The summed E-state index contributed by atoms with van der Waals surface area (Å²) in [6.07, 6.45) is 1.77. The molecular formula is C32H31NO3. The van der Waals surface area contributed by atoms with E-state index in [0.29, 0.717) is 13.0 Å². The third-order valence-corrected chi connectivity index (χ3v) is 6.09. The minimum atomic E-state index is -0.802. The molecule has 1 atom stereocenters. The smallest absolute Gasteiger partial charge is 0.407 e. The Kier molecular flexibility index (Phi) is 8.68. The molecule has 4 heteroatoms. The van der Waals surface area contributed by atoms with Crippen LogP contribution in [0.25, 0.3) is 0 Å². The van der Waals surface area contributed by atoms with Crippen molar-refractivity contribution in [2.24, 2.45) is 0 Å². The van der Waals surface area contributed by atoms with Gasteiger partial charge in [0, 0.05) is 0 Å². The first kappa shape index (κ1) is 25.0. The molecule has 0 aliphatic rings. The van der Waals surface area contributed by atoms with Crippen LogP contribution in [-0.2, 0) is 21.7 Å². The Labute approximate surface area is 213 Å². The highest BCUT2D eigenvalue weighted by molar-refractivity contribution is 5.67. The minimum absolute atomic E-state index is 0.214. The number of carbonyl (C=O) groups is 1. The molecule has 0 spiro atoms. The third-order valence-electron chi connectivity index (χ3n) is 6.09. The fourth-order valence-electron chi connectivity index (χ4n) is 4.27. The normalized spacial score (nSPS) is 11.9. The standard InChI is InChI=1S/C32H31NO3/c1-2-30(33-31(34)35-25-26-15-7-3-8-16-26)23-24-36-32(27-17-9-4-10-18-27,28-19-11-5-12-20-28)29-21-13-6-14-22-29/h2-22,30H,1,23-25H2,(H,33,34)/t30-/m1/s1. The van der Waals surface area contributed by atoms with E-state index in [1.54, 1.807) is 6.08 Å². The van der Waals surface area contributed by atoms with Crippen LogP contribution in [0.1, 0.15) is 28.7 Å². The number of hydrogen-bond acceptors (Lipinski definition) is 3. The monoisotopic (exact) mass is 477 g/mol. The lowest BCUT2D eigenvalue weighted by molar-refractivity contribution is 0.00940. The zero-order chi connectivity index (χ0) is 25.1. The molecule has 0 unspecified atom stereocenters. The summed E-state index contributed by atoms with van der Waals surface area (Å²) in [5.74, 6) is 0. The fourth-order valence-corrected chi connectivity index (χ4v) is 4.27. The van der Waals surface area contributed by atoms with Gasteiger partial charge in [-0.25, -0.2) is 4.79 Å². The molecule has 0 aliphatic heterocycles. The summed E-state index contributed by atoms with van der Waals surface area (Å²) < 4.78 is 12.2. The molecule has 0 aromatic heterocycles. The van der Waals surface area contributed by atoms with Gasteiger partial charge in [-0.3, -0.25) is 0 Å². The quantitative estimate of drug-likeness (QED) is 0.189. The van der Waals surface area contributed by atoms with E-state index in [9.17, 15) is 4.79 Å². The van der Waals surface area contributed by atoms with Gasteiger partial charge in [-0.2, -0.15) is 0 Å². The number of ether oxygens (including phenoxy) is 2. The highest BCUT2D eigenvalue weighted by Crippen LogP contribution is 2.40. The number of alkyl carbamates (subject to hydrolysis) is 1. The van der Waals surface area contributed by atoms with Gasteiger partial charge in [0.1, 0.15) is 12.2 Å². The molecule has 182 valence electrons. The molecule has 36 heavy (non-hydrogen) atoms. The van der Waals surface area contributed by atoms with Crippen LogP contribution in [0, 0.1) is 0 Å². The van der Waals surface area contributed by atoms with Crippen LogP contribution in [0.15, 0.2) is 134 Å². The molecule has 0 bridgehead atoms. The number of rotatable bonds is 11. The summed E-state index contributed by atoms with van der Waals surface area (Å²) in [6, 6.07) is 40.0. The molecule has 4 aromatic carbocycles. The van der Waals surface area contributed by atoms with Crippen LogP contribution in [-0.4, -0.2) is 18.7 Å². The van der Waals surface area contributed by atoms with Crippen molar-refractivity contribution < 1.29 is 14.3 Å². The molecule has 4 aromatic rings. The van der Waals surface area contributed by atoms with Crippen molar-refractivity contribution in [2.45, 2.75) is 24.7 Å². The van der Waals surface area contributed by atoms with E-state index in [2.05, 4.69) is 48.3 Å². The lowest BCUT2D eigenvalue weighted by Gasteiger charge is -2.36. The second-order valence-corrected chi connectivity index (χ2v) is 8.46. The van der Waals surface area contributed by atoms with E-state index in [1.165, 1.54) is 0 Å². The molecule has 0 radical (unpaired) electrons. The van der Waals surface area contributed by atoms with E-state index >= 15 is 0 Å². The number of amides is 1. The fraction of sp³-hybridized carbons (Fsp3) is 0.156. The Morgan fingerprint density at radius 1 is 0.750 bits per heavy atom. The van der Waals surface area contributed by atoms with Gasteiger partial charge >= 0.3 is 6.09 Å². The summed E-state index contributed by atoms with van der Waals surface area (Å²) in [7, 11) is 0. The molecule has 0 fully saturated rings. The zero-order valence-corrected chi connectivity index (χ0v) is 20.3. The minimum Gasteiger partial charge on any atom is -0.445 e. The highest BCUT2D eigenvalue weighted by Gasteiger charge is 2.37. The topological polar surface area (TPSA) is 47.6 Å². The Morgan fingerprint density at radius 2 is 1.19 bits per heavy atom. The maximum absolute atomic E-state index is 12.4. The number of nitrogens with one attached hydrogen (secondary N) is 1. The van der Waals surface area contributed by atoms with Gasteiger partial charge in [-0.1, -0.05) is 127 Å². The molecule has 0 saturated carbocycles. The average molecular weight is 478 g/mol. The van der Waals surface area contributed by atoms with Crippen molar-refractivity contribution in [1.82, 2.24) is 5.32 Å². The summed E-state index contributed by atoms with van der Waals surface area (Å²) in [6.45, 7) is 4.49. The molecular weight excluding hydrogens is 446 g/mol. The number of hydrogen-bond donors (Lipinski definition) is 1. The molecule has 1 N–H and O–H groups in total. The van der Waals surface area contributed by atoms with Crippen LogP contribution in [0.2, 0.25) is 0 Å². The van der Waals surface area contributed by atoms with E-state index in [1.807, 2.05) is 84.9 Å². The van der Waals surface area contributed by atoms with Crippen LogP contribution >= 0.6 is 0 Å². The maximum atomic E-state index is 12.4. The molecule has 4 nitrogen and oxygen atoms in total. The summed E-state index contributed by atoms with van der Waals surface area (Å²) in [5, 5.41) is 2.88. The van der Waals surface area contributed by atoms with Gasteiger partial charge in [0.05, 0.1) is 12.6 Å². The van der Waals surface area contributed by atoms with Crippen LogP contribution < -0.4 is 5.32 Å². The SMILES string of the molecule is C=C[C@H](CCOC(c1ccccc1)(c1ccccc1)c1ccccc1)NC(=O)OCc1ccccc1. The van der Waals surface area contributed by atoms with E-state index in [0.717, 1.165) is 22.3 Å². The van der Waals surface area contributed by atoms with Crippen molar-refractivity contribution in [2.75, 3.05) is 6.61 Å². The summed E-state index contributed by atoms with van der Waals surface area (Å²) in [5.41, 5.74) is 3.24. The lowest BCUT2D eigenvalue weighted by Crippen LogP contribution is -2.37. The lowest BCUT2D eigenvalue weighted by atomic mass is 9.80. The van der Waals surface area contributed by atoms with Gasteiger partial charge in [0.25, 0.3) is 0 Å². The molecule has 0 saturated heterocycles. The van der Waals surface area contributed by atoms with E-state index in [-0.39, 0.29) is 12.6 Å². The second kappa shape index (κ2) is 12.5. The Morgan fingerprint density at radius 3 is 1.64 bits per heavy atom. The van der Waals surface area contributed by atoms with Gasteiger partial charge < -0.3 is 14.8 Å². The van der Waals surface area contributed by atoms with Crippen molar-refractivity contribution in [3.05, 3.63) is 156 Å². The summed E-state index contributed by atoms with van der Waals surface area (Å²) >= 11 is 0. The molecule has 1 amide bonds. The second-order valence-electron chi connectivity index (χ2n) is 8.46. The Bertz CT molecular complexity index is 1110. The largest absolute Gasteiger partial charge is 0.445 e. The summed E-state index contributed by atoms with van der Waals surface area (Å²) in [4.78, 5) is 12.4. The van der Waals surface area contributed by atoms with Gasteiger partial charge in [0.2, 0.25) is 0 Å². The van der Waals surface area contributed by atoms with Crippen molar-refractivity contribution >= 4 is 6.09 Å². The van der Waals surface area contributed by atoms with Crippen molar-refractivity contribution in [3.8, 4) is 0 Å². The highest BCUT2D eigenvalue weighted by atomic mass is 16.5. The molecule has 0 heterocycles. The van der Waals surface area contributed by atoms with Crippen LogP contribution in [0.4, 0.5) is 4.79 Å². The predicted octanol–water partition coefficient (Wildman–Crippen LogP) is 6.87. The van der Waals surface area contributed by atoms with Gasteiger partial charge in [0.15, 0.2) is 0 Å². The first-order valence-electron chi connectivity index (χ1n) is 12.1. The maximum Gasteiger partial charge on any atom is 0.407 e. The first-order chi connectivity index (χ1) is 17.7. The Hall–Kier alpha value is -4.15. The molecule has 4 rings (SSSR count). The van der Waals surface area contributed by atoms with Crippen molar-refractivity contribution in [3.63, 3.8) is 0 Å². The van der Waals surface area contributed by atoms with Crippen LogP contribution in [0.3, 0.4) is 0 Å². The zero-order valence-electron chi connectivity index (χ0n) is 20.3. The van der Waals surface area contributed by atoms with E-state index < -0.39 is 11.7 Å². The van der Waals surface area contributed by atoms with Gasteiger partial charge in [-0.15, -0.1) is 6.58 Å². The van der Waals surface area contributed by atoms with Crippen LogP contribution in [0.5, 0.6) is 0 Å². The number of carbonyl (C=O) groups excluding carboxylic acids is 1. The Balaban J connectivity index is 1.51. The van der Waals surface area contributed by atoms with Crippen molar-refractivity contribution in [1.29, 1.82) is 0 Å². The predicted molar refractivity (Wildman–Crippen MR) is 144 cm³/mol. The third kappa shape index (κ3) is 6.09. The molecule has 0 aliphatic carbocycles. The first-order valence-corrected chi connectivity index (χ1v) is 12.1. The van der Waals surface area contributed by atoms with Gasteiger partial charge in [-0.05, 0) is 28.7 Å². The number of benzene rings is 4. The van der Waals surface area contributed by atoms with E-state index in [4.69, 9.17) is 9.47 Å².